The van der Waals surface area contributed by atoms with E-state index in [4.69, 9.17) is 16.3 Å². The monoisotopic (exact) mass is 508 g/mol. The Bertz CT molecular complexity index is 927. The summed E-state index contributed by atoms with van der Waals surface area (Å²) in [6.45, 7) is 10.4. The molecule has 0 saturated heterocycles. The fourth-order valence-corrected chi connectivity index (χ4v) is 3.71. The zero-order chi connectivity index (χ0) is 23.2. The molecule has 5 nitrogen and oxygen atoms in total. The fraction of sp³-hybridized carbons (Fsp3) is 0.417. The van der Waals surface area contributed by atoms with Gasteiger partial charge in [-0.15, -0.1) is 0 Å². The molecule has 2 aromatic carbocycles. The van der Waals surface area contributed by atoms with E-state index in [-0.39, 0.29) is 30.4 Å². The molecule has 31 heavy (non-hydrogen) atoms. The van der Waals surface area contributed by atoms with Gasteiger partial charge in [-0.05, 0) is 64.5 Å². The molecule has 0 aliphatic carbocycles. The summed E-state index contributed by atoms with van der Waals surface area (Å²) in [5.41, 5.74) is 1.93. The van der Waals surface area contributed by atoms with E-state index in [0.29, 0.717) is 17.3 Å². The molecule has 0 aliphatic rings. The lowest BCUT2D eigenvalue weighted by Gasteiger charge is -2.29. The molecule has 1 atom stereocenters. The Labute approximate surface area is 198 Å². The summed E-state index contributed by atoms with van der Waals surface area (Å²) >= 11 is 9.82. The number of rotatable bonds is 8. The highest BCUT2D eigenvalue weighted by atomic mass is 79.9. The summed E-state index contributed by atoms with van der Waals surface area (Å²) < 4.78 is 6.58. The molecule has 0 bridgehead atoms. The average Bonchev–Trinajstić information content (AvgIpc) is 2.71. The van der Waals surface area contributed by atoms with Crippen LogP contribution in [0.25, 0.3) is 0 Å². The number of likely N-dealkylation sites (N-methyl/N-ethyl adjacent to an activating group) is 1. The van der Waals surface area contributed by atoms with E-state index in [1.807, 2.05) is 43.3 Å². The summed E-state index contributed by atoms with van der Waals surface area (Å²) in [4.78, 5) is 27.0. The highest BCUT2D eigenvalue weighted by Gasteiger charge is 2.27. The standard InChI is InChI=1S/C24H30BrClN2O3/c1-6-27-23(30)16(2)28(14-17-9-7-8-10-20(17)26)22(29)15-31-21-12-11-18(13-19(21)25)24(3,4)5/h7-13,16H,6,14-15H2,1-5H3,(H,27,30). The van der Waals surface area contributed by atoms with Gasteiger partial charge in [-0.2, -0.15) is 0 Å². The van der Waals surface area contributed by atoms with Gasteiger partial charge in [0.05, 0.1) is 4.47 Å². The van der Waals surface area contributed by atoms with Gasteiger partial charge in [0.2, 0.25) is 5.91 Å². The number of halogens is 2. The molecule has 168 valence electrons. The van der Waals surface area contributed by atoms with E-state index < -0.39 is 6.04 Å². The number of nitrogens with zero attached hydrogens (tertiary/aromatic N) is 1. The Morgan fingerprint density at radius 2 is 1.87 bits per heavy atom. The molecule has 0 aliphatic heterocycles. The topological polar surface area (TPSA) is 58.6 Å². The normalized spacial score (nSPS) is 12.2. The van der Waals surface area contributed by atoms with E-state index in [1.54, 1.807) is 13.0 Å². The number of nitrogens with one attached hydrogen (secondary N) is 1. The lowest BCUT2D eigenvalue weighted by atomic mass is 9.87. The molecule has 0 aromatic heterocycles. The van der Waals surface area contributed by atoms with Gasteiger partial charge in [0, 0.05) is 18.1 Å². The van der Waals surface area contributed by atoms with E-state index in [9.17, 15) is 9.59 Å². The van der Waals surface area contributed by atoms with E-state index >= 15 is 0 Å². The molecule has 2 aromatic rings. The summed E-state index contributed by atoms with van der Waals surface area (Å²) in [6, 6.07) is 12.5. The third kappa shape index (κ3) is 6.97. The second-order valence-electron chi connectivity index (χ2n) is 8.37. The van der Waals surface area contributed by atoms with Gasteiger partial charge in [-0.3, -0.25) is 9.59 Å². The van der Waals surface area contributed by atoms with Crippen molar-refractivity contribution in [3.8, 4) is 5.75 Å². The van der Waals surface area contributed by atoms with Crippen LogP contribution < -0.4 is 10.1 Å². The molecule has 1 unspecified atom stereocenters. The predicted octanol–water partition coefficient (Wildman–Crippen LogP) is 5.33. The molecule has 2 rings (SSSR count). The molecule has 7 heteroatoms. The Morgan fingerprint density at radius 3 is 2.45 bits per heavy atom. The van der Waals surface area contributed by atoms with Crippen molar-refractivity contribution < 1.29 is 14.3 Å². The molecule has 0 spiro atoms. The van der Waals surface area contributed by atoms with Crippen molar-refractivity contribution in [1.29, 1.82) is 0 Å². The third-order valence-corrected chi connectivity index (χ3v) is 5.95. The van der Waals surface area contributed by atoms with Crippen molar-refractivity contribution in [3.05, 3.63) is 63.1 Å². The van der Waals surface area contributed by atoms with Crippen molar-refractivity contribution in [2.75, 3.05) is 13.2 Å². The first-order valence-corrected chi connectivity index (χ1v) is 11.4. The lowest BCUT2D eigenvalue weighted by Crippen LogP contribution is -2.49. The van der Waals surface area contributed by atoms with Crippen LogP contribution in [0.2, 0.25) is 5.02 Å². The van der Waals surface area contributed by atoms with Gasteiger partial charge in [0.25, 0.3) is 5.91 Å². The van der Waals surface area contributed by atoms with Crippen LogP contribution in [0, 0.1) is 0 Å². The van der Waals surface area contributed by atoms with Crippen molar-refractivity contribution in [1.82, 2.24) is 10.2 Å². The maximum atomic E-state index is 13.1. The van der Waals surface area contributed by atoms with Crippen LogP contribution in [-0.4, -0.2) is 35.9 Å². The van der Waals surface area contributed by atoms with Crippen LogP contribution in [-0.2, 0) is 21.5 Å². The van der Waals surface area contributed by atoms with Crippen LogP contribution in [0.4, 0.5) is 0 Å². The van der Waals surface area contributed by atoms with Gasteiger partial charge in [0.1, 0.15) is 11.8 Å². The minimum Gasteiger partial charge on any atom is -0.483 e. The lowest BCUT2D eigenvalue weighted by molar-refractivity contribution is -0.142. The Morgan fingerprint density at radius 1 is 1.19 bits per heavy atom. The minimum atomic E-state index is -0.668. The highest BCUT2D eigenvalue weighted by Crippen LogP contribution is 2.31. The number of benzene rings is 2. The van der Waals surface area contributed by atoms with Gasteiger partial charge in [-0.25, -0.2) is 0 Å². The smallest absolute Gasteiger partial charge is 0.261 e. The van der Waals surface area contributed by atoms with Gasteiger partial charge in [0.15, 0.2) is 6.61 Å². The molecule has 0 saturated carbocycles. The first-order chi connectivity index (χ1) is 14.5. The quantitative estimate of drug-likeness (QED) is 0.523. The Balaban J connectivity index is 2.19. The number of carbonyl (C=O) groups is 2. The number of amides is 2. The fourth-order valence-electron chi connectivity index (χ4n) is 3.02. The summed E-state index contributed by atoms with van der Waals surface area (Å²) in [7, 11) is 0. The van der Waals surface area contributed by atoms with E-state index in [0.717, 1.165) is 15.6 Å². The minimum absolute atomic E-state index is 0.00465. The van der Waals surface area contributed by atoms with Gasteiger partial charge in [-0.1, -0.05) is 56.6 Å². The van der Waals surface area contributed by atoms with Gasteiger partial charge >= 0.3 is 0 Å². The van der Waals surface area contributed by atoms with Crippen molar-refractivity contribution >= 4 is 39.3 Å². The maximum Gasteiger partial charge on any atom is 0.261 e. The molecule has 2 amide bonds. The number of hydrogen-bond donors (Lipinski definition) is 1. The highest BCUT2D eigenvalue weighted by molar-refractivity contribution is 9.10. The second kappa shape index (κ2) is 11.0. The molecule has 0 fully saturated rings. The Kier molecular flexibility index (Phi) is 8.95. The first-order valence-electron chi connectivity index (χ1n) is 10.3. The summed E-state index contributed by atoms with van der Waals surface area (Å²) in [5.74, 6) is 0.0498. The molecular weight excluding hydrogens is 480 g/mol. The van der Waals surface area contributed by atoms with Crippen molar-refractivity contribution in [2.24, 2.45) is 0 Å². The largest absolute Gasteiger partial charge is 0.483 e. The Hall–Kier alpha value is -2.05. The van der Waals surface area contributed by atoms with Crippen LogP contribution in [0.15, 0.2) is 46.9 Å². The van der Waals surface area contributed by atoms with E-state index in [1.165, 1.54) is 4.90 Å². The molecular formula is C24H30BrClN2O3. The molecule has 1 N–H and O–H groups in total. The number of hydrogen-bond acceptors (Lipinski definition) is 3. The van der Waals surface area contributed by atoms with Crippen LogP contribution in [0.1, 0.15) is 45.7 Å². The number of carbonyl (C=O) groups excluding carboxylic acids is 2. The van der Waals surface area contributed by atoms with Crippen LogP contribution >= 0.6 is 27.5 Å². The first kappa shape index (κ1) is 25.2. The zero-order valence-corrected chi connectivity index (χ0v) is 21.0. The second-order valence-corrected chi connectivity index (χ2v) is 9.63. The van der Waals surface area contributed by atoms with Crippen LogP contribution in [0.3, 0.4) is 0 Å². The third-order valence-electron chi connectivity index (χ3n) is 4.97. The van der Waals surface area contributed by atoms with Crippen molar-refractivity contribution in [3.63, 3.8) is 0 Å². The van der Waals surface area contributed by atoms with Crippen molar-refractivity contribution in [2.45, 2.75) is 52.6 Å². The molecule has 0 radical (unpaired) electrons. The van der Waals surface area contributed by atoms with Crippen LogP contribution in [0.5, 0.6) is 5.75 Å². The predicted molar refractivity (Wildman–Crippen MR) is 128 cm³/mol. The van der Waals surface area contributed by atoms with Gasteiger partial charge < -0.3 is 15.0 Å². The molecule has 0 heterocycles. The maximum absolute atomic E-state index is 13.1. The number of ether oxygens (including phenoxy) is 1. The SMILES string of the molecule is CCNC(=O)C(C)N(Cc1ccccc1Cl)C(=O)COc1ccc(C(C)(C)C)cc1Br. The average molecular weight is 510 g/mol. The van der Waals surface area contributed by atoms with E-state index in [2.05, 4.69) is 42.0 Å². The summed E-state index contributed by atoms with van der Waals surface area (Å²) in [6.07, 6.45) is 0. The zero-order valence-electron chi connectivity index (χ0n) is 18.7. The summed E-state index contributed by atoms with van der Waals surface area (Å²) in [5, 5.41) is 3.32.